The molecule has 0 fully saturated rings. The van der Waals surface area contributed by atoms with Crippen LogP contribution in [0, 0.1) is 0 Å². The Kier molecular flexibility index (Phi) is 2.78. The zero-order valence-corrected chi connectivity index (χ0v) is 7.25. The molecule has 7 heteroatoms. The Morgan fingerprint density at radius 3 is 2.43 bits per heavy atom. The molecule has 1 heterocycles. The normalized spacial score (nSPS) is 13.7. The Balaban J connectivity index is 2.65. The minimum atomic E-state index is -4.41. The van der Waals surface area contributed by atoms with Gasteiger partial charge in [-0.3, -0.25) is 0 Å². The summed E-state index contributed by atoms with van der Waals surface area (Å²) in [7, 11) is 0. The van der Waals surface area contributed by atoms with Gasteiger partial charge in [0.15, 0.2) is 6.10 Å². The number of rotatable bonds is 2. The van der Waals surface area contributed by atoms with E-state index in [1.54, 1.807) is 0 Å². The third-order valence-electron chi connectivity index (χ3n) is 1.41. The van der Waals surface area contributed by atoms with Crippen LogP contribution in [0.5, 0.6) is 5.88 Å². The highest BCUT2D eigenvalue weighted by molar-refractivity contribution is 5.24. The highest BCUT2D eigenvalue weighted by Crippen LogP contribution is 2.23. The maximum Gasteiger partial charge on any atom is 0.425 e. The Morgan fingerprint density at radius 1 is 1.36 bits per heavy atom. The van der Waals surface area contributed by atoms with Crippen molar-refractivity contribution in [2.45, 2.75) is 19.2 Å². The van der Waals surface area contributed by atoms with Crippen molar-refractivity contribution >= 4 is 5.82 Å². The largest absolute Gasteiger partial charge is 0.464 e. The molecule has 0 aromatic carbocycles. The summed E-state index contributed by atoms with van der Waals surface area (Å²) >= 11 is 0. The molecule has 4 nitrogen and oxygen atoms in total. The number of anilines is 1. The van der Waals surface area contributed by atoms with E-state index in [-0.39, 0.29) is 11.7 Å². The number of nitrogens with zero attached hydrogens (tertiary/aromatic N) is 2. The van der Waals surface area contributed by atoms with Crippen LogP contribution in [-0.2, 0) is 0 Å². The van der Waals surface area contributed by atoms with Crippen LogP contribution >= 0.6 is 0 Å². The second-order valence-electron chi connectivity index (χ2n) is 2.58. The van der Waals surface area contributed by atoms with E-state index < -0.39 is 12.3 Å². The van der Waals surface area contributed by atoms with E-state index in [1.165, 1.54) is 0 Å². The van der Waals surface area contributed by atoms with Gasteiger partial charge in [0.2, 0.25) is 5.88 Å². The van der Waals surface area contributed by atoms with Gasteiger partial charge in [0.1, 0.15) is 5.82 Å². The summed E-state index contributed by atoms with van der Waals surface area (Å²) in [6, 6.07) is 0. The first-order valence-corrected chi connectivity index (χ1v) is 3.70. The summed E-state index contributed by atoms with van der Waals surface area (Å²) < 4.78 is 40.5. The number of aromatic nitrogens is 2. The number of nitrogen functional groups attached to an aromatic ring is 1. The summed E-state index contributed by atoms with van der Waals surface area (Å²) in [6.45, 7) is 0.887. The number of halogens is 3. The van der Waals surface area contributed by atoms with Crippen molar-refractivity contribution < 1.29 is 17.9 Å². The summed E-state index contributed by atoms with van der Waals surface area (Å²) in [5.41, 5.74) is 5.19. The number of nitrogens with two attached hydrogens (primary N) is 1. The molecule has 1 aromatic heterocycles. The van der Waals surface area contributed by atoms with Crippen LogP contribution in [-0.4, -0.2) is 22.2 Å². The Bertz CT molecular complexity index is 298. The molecule has 0 aliphatic carbocycles. The van der Waals surface area contributed by atoms with Crippen molar-refractivity contribution in [3.8, 4) is 5.88 Å². The lowest BCUT2D eigenvalue weighted by atomic mass is 10.4. The molecule has 1 rings (SSSR count). The quantitative estimate of drug-likeness (QED) is 0.795. The number of alkyl halides is 3. The van der Waals surface area contributed by atoms with Gasteiger partial charge in [-0.1, -0.05) is 0 Å². The SMILES string of the molecule is CC(Oc1cnc(N)cn1)C(F)(F)F. The molecule has 1 atom stereocenters. The molecule has 0 saturated carbocycles. The van der Waals surface area contributed by atoms with Crippen molar-refractivity contribution in [1.29, 1.82) is 0 Å². The lowest BCUT2D eigenvalue weighted by Crippen LogP contribution is -2.31. The molecular weight excluding hydrogens is 199 g/mol. The predicted molar refractivity (Wildman–Crippen MR) is 42.6 cm³/mol. The van der Waals surface area contributed by atoms with Crippen LogP contribution in [0.15, 0.2) is 12.4 Å². The lowest BCUT2D eigenvalue weighted by Gasteiger charge is -2.16. The zero-order valence-electron chi connectivity index (χ0n) is 7.25. The van der Waals surface area contributed by atoms with Crippen molar-refractivity contribution in [2.24, 2.45) is 0 Å². The topological polar surface area (TPSA) is 61.0 Å². The fourth-order valence-electron chi connectivity index (χ4n) is 0.635. The molecule has 2 N–H and O–H groups in total. The monoisotopic (exact) mass is 207 g/mol. The van der Waals surface area contributed by atoms with Gasteiger partial charge in [-0.25, -0.2) is 9.97 Å². The van der Waals surface area contributed by atoms with Crippen molar-refractivity contribution in [2.75, 3.05) is 5.73 Å². The van der Waals surface area contributed by atoms with Gasteiger partial charge in [0, 0.05) is 0 Å². The molecule has 0 spiro atoms. The molecule has 14 heavy (non-hydrogen) atoms. The van der Waals surface area contributed by atoms with Gasteiger partial charge < -0.3 is 10.5 Å². The van der Waals surface area contributed by atoms with E-state index in [9.17, 15) is 13.2 Å². The average Bonchev–Trinajstić information content (AvgIpc) is 2.07. The van der Waals surface area contributed by atoms with E-state index in [4.69, 9.17) is 5.73 Å². The summed E-state index contributed by atoms with van der Waals surface area (Å²) in [4.78, 5) is 7.06. The fraction of sp³-hybridized carbons (Fsp3) is 0.429. The highest BCUT2D eigenvalue weighted by Gasteiger charge is 2.38. The van der Waals surface area contributed by atoms with E-state index in [0.717, 1.165) is 19.3 Å². The van der Waals surface area contributed by atoms with E-state index >= 15 is 0 Å². The summed E-state index contributed by atoms with van der Waals surface area (Å²) in [5, 5.41) is 0. The van der Waals surface area contributed by atoms with Gasteiger partial charge in [-0.2, -0.15) is 13.2 Å². The minimum absolute atomic E-state index is 0.122. The first kappa shape index (κ1) is 10.6. The standard InChI is InChI=1S/C7H8F3N3O/c1-4(7(8,9)10)14-6-3-12-5(11)2-13-6/h2-4H,1H3,(H2,11,12). The van der Waals surface area contributed by atoms with Crippen LogP contribution in [0.3, 0.4) is 0 Å². The number of hydrogen-bond donors (Lipinski definition) is 1. The molecule has 0 aliphatic heterocycles. The van der Waals surface area contributed by atoms with Gasteiger partial charge in [-0.15, -0.1) is 0 Å². The Hall–Kier alpha value is -1.53. The van der Waals surface area contributed by atoms with Crippen molar-refractivity contribution in [3.05, 3.63) is 12.4 Å². The second-order valence-corrected chi connectivity index (χ2v) is 2.58. The maximum absolute atomic E-state index is 12.0. The number of ether oxygens (including phenoxy) is 1. The van der Waals surface area contributed by atoms with E-state index in [1.807, 2.05) is 0 Å². The van der Waals surface area contributed by atoms with Crippen molar-refractivity contribution in [3.63, 3.8) is 0 Å². The summed E-state index contributed by atoms with van der Waals surface area (Å²) in [6.07, 6.45) is -4.17. The smallest absolute Gasteiger partial charge is 0.425 e. The van der Waals surface area contributed by atoms with Crippen LogP contribution in [0.25, 0.3) is 0 Å². The zero-order chi connectivity index (χ0) is 10.8. The third kappa shape index (κ3) is 2.75. The second kappa shape index (κ2) is 3.69. The van der Waals surface area contributed by atoms with Crippen LogP contribution in [0.1, 0.15) is 6.92 Å². The van der Waals surface area contributed by atoms with E-state index in [2.05, 4.69) is 14.7 Å². The maximum atomic E-state index is 12.0. The average molecular weight is 207 g/mol. The molecule has 0 bridgehead atoms. The first-order valence-electron chi connectivity index (χ1n) is 3.70. The Labute approximate surface area is 77.9 Å². The molecule has 0 amide bonds. The van der Waals surface area contributed by atoms with Gasteiger partial charge in [-0.05, 0) is 6.92 Å². The van der Waals surface area contributed by atoms with Gasteiger partial charge in [0.25, 0.3) is 0 Å². The third-order valence-corrected chi connectivity index (χ3v) is 1.41. The van der Waals surface area contributed by atoms with Crippen LogP contribution in [0.4, 0.5) is 19.0 Å². The minimum Gasteiger partial charge on any atom is -0.464 e. The Morgan fingerprint density at radius 2 is 2.00 bits per heavy atom. The van der Waals surface area contributed by atoms with Gasteiger partial charge in [0.05, 0.1) is 12.4 Å². The van der Waals surface area contributed by atoms with Crippen LogP contribution in [0.2, 0.25) is 0 Å². The predicted octanol–water partition coefficient (Wildman–Crippen LogP) is 1.39. The molecule has 0 saturated heterocycles. The molecule has 1 unspecified atom stereocenters. The number of hydrogen-bond acceptors (Lipinski definition) is 4. The van der Waals surface area contributed by atoms with Crippen molar-refractivity contribution in [1.82, 2.24) is 9.97 Å². The fourth-order valence-corrected chi connectivity index (χ4v) is 0.635. The van der Waals surface area contributed by atoms with E-state index in [0.29, 0.717) is 0 Å². The highest BCUT2D eigenvalue weighted by atomic mass is 19.4. The molecule has 0 radical (unpaired) electrons. The lowest BCUT2D eigenvalue weighted by molar-refractivity contribution is -0.190. The van der Waals surface area contributed by atoms with Crippen LogP contribution < -0.4 is 10.5 Å². The summed E-state index contributed by atoms with van der Waals surface area (Å²) in [5.74, 6) is -0.0824. The molecule has 0 aliphatic rings. The first-order chi connectivity index (χ1) is 6.39. The molecule has 1 aromatic rings. The molecular formula is C7H8F3N3O. The van der Waals surface area contributed by atoms with Gasteiger partial charge >= 0.3 is 6.18 Å². The molecule has 78 valence electrons.